The molecule has 1 fully saturated rings. The number of aromatic nitrogens is 3. The van der Waals surface area contributed by atoms with Crippen LogP contribution >= 0.6 is 0 Å². The molecule has 1 unspecified atom stereocenters. The standard InChI is InChI=1S/C21H25N5O4S/c1-13-15-6-5-10-25(2)20(15)24-19(22-13)17-7-3-4-11-26(17)31(28,29)14-8-9-16-18(12-14)30-21(27)23-16/h8-9,12,17H,3-7,10-11H2,1-2H3,(H,23,27). The fraction of sp³-hybridized carbons (Fsp3) is 0.476. The Balaban J connectivity index is 1.57. The number of nitrogens with one attached hydrogen (secondary N) is 1. The Kier molecular flexibility index (Phi) is 4.86. The van der Waals surface area contributed by atoms with E-state index in [0.717, 1.165) is 49.3 Å². The van der Waals surface area contributed by atoms with E-state index in [9.17, 15) is 13.2 Å². The predicted octanol–water partition coefficient (Wildman–Crippen LogP) is 2.52. The number of anilines is 1. The Morgan fingerprint density at radius 3 is 2.84 bits per heavy atom. The highest BCUT2D eigenvalue weighted by molar-refractivity contribution is 7.89. The van der Waals surface area contributed by atoms with Gasteiger partial charge in [0.05, 0.1) is 16.5 Å². The fourth-order valence-electron chi connectivity index (χ4n) is 4.63. The first-order valence-corrected chi connectivity index (χ1v) is 12.0. The molecule has 2 aliphatic heterocycles. The summed E-state index contributed by atoms with van der Waals surface area (Å²) >= 11 is 0. The molecule has 9 nitrogen and oxygen atoms in total. The highest BCUT2D eigenvalue weighted by atomic mass is 32.2. The Bertz CT molecular complexity index is 1310. The zero-order valence-corrected chi connectivity index (χ0v) is 18.4. The first-order valence-electron chi connectivity index (χ1n) is 10.6. The van der Waals surface area contributed by atoms with E-state index in [0.29, 0.717) is 24.3 Å². The molecule has 1 saturated heterocycles. The molecule has 1 atom stereocenters. The number of oxazole rings is 1. The van der Waals surface area contributed by atoms with Crippen LogP contribution in [0.2, 0.25) is 0 Å². The van der Waals surface area contributed by atoms with Crippen molar-refractivity contribution in [1.29, 1.82) is 0 Å². The van der Waals surface area contributed by atoms with Gasteiger partial charge < -0.3 is 9.32 Å². The zero-order valence-electron chi connectivity index (χ0n) is 17.6. The molecule has 0 amide bonds. The number of rotatable bonds is 3. The number of sulfonamides is 1. The molecule has 164 valence electrons. The second-order valence-electron chi connectivity index (χ2n) is 8.29. The molecule has 10 heteroatoms. The van der Waals surface area contributed by atoms with Crippen LogP contribution in [0.4, 0.5) is 5.82 Å². The van der Waals surface area contributed by atoms with Gasteiger partial charge in [-0.05, 0) is 44.7 Å². The lowest BCUT2D eigenvalue weighted by atomic mass is 10.0. The maximum atomic E-state index is 13.6. The minimum Gasteiger partial charge on any atom is -0.408 e. The van der Waals surface area contributed by atoms with Crippen molar-refractivity contribution in [2.24, 2.45) is 0 Å². The van der Waals surface area contributed by atoms with Crippen LogP contribution in [0, 0.1) is 6.92 Å². The van der Waals surface area contributed by atoms with Gasteiger partial charge in [-0.2, -0.15) is 4.31 Å². The van der Waals surface area contributed by atoms with E-state index < -0.39 is 21.8 Å². The summed E-state index contributed by atoms with van der Waals surface area (Å²) in [4.78, 5) is 25.8. The molecule has 4 heterocycles. The Hall–Kier alpha value is -2.72. The molecule has 3 aromatic rings. The Labute approximate surface area is 180 Å². The molecule has 0 aliphatic carbocycles. The lowest BCUT2D eigenvalue weighted by Gasteiger charge is -2.35. The predicted molar refractivity (Wildman–Crippen MR) is 116 cm³/mol. The van der Waals surface area contributed by atoms with Gasteiger partial charge in [-0.1, -0.05) is 6.42 Å². The maximum absolute atomic E-state index is 13.6. The largest absolute Gasteiger partial charge is 0.417 e. The number of H-pyrrole nitrogens is 1. The molecule has 1 aromatic carbocycles. The molecule has 2 aliphatic rings. The number of nitrogens with zero attached hydrogens (tertiary/aromatic N) is 4. The third-order valence-corrected chi connectivity index (χ3v) is 8.15. The molecule has 31 heavy (non-hydrogen) atoms. The molecule has 0 saturated carbocycles. The van der Waals surface area contributed by atoms with E-state index in [1.54, 1.807) is 6.07 Å². The monoisotopic (exact) mass is 443 g/mol. The van der Waals surface area contributed by atoms with Gasteiger partial charge in [-0.3, -0.25) is 4.98 Å². The van der Waals surface area contributed by atoms with Crippen LogP contribution in [0.3, 0.4) is 0 Å². The quantitative estimate of drug-likeness (QED) is 0.662. The van der Waals surface area contributed by atoms with Crippen LogP contribution < -0.4 is 10.7 Å². The van der Waals surface area contributed by atoms with Gasteiger partial charge >= 0.3 is 5.76 Å². The molecular weight excluding hydrogens is 418 g/mol. The number of benzene rings is 1. The van der Waals surface area contributed by atoms with Gasteiger partial charge in [0.2, 0.25) is 10.0 Å². The fourth-order valence-corrected chi connectivity index (χ4v) is 6.30. The summed E-state index contributed by atoms with van der Waals surface area (Å²) in [5.74, 6) is 0.858. The van der Waals surface area contributed by atoms with Crippen LogP contribution in [-0.4, -0.2) is 47.8 Å². The number of fused-ring (bicyclic) bond motifs is 2. The maximum Gasteiger partial charge on any atom is 0.417 e. The van der Waals surface area contributed by atoms with Crippen molar-refractivity contribution in [3.63, 3.8) is 0 Å². The lowest BCUT2D eigenvalue weighted by molar-refractivity contribution is 0.246. The van der Waals surface area contributed by atoms with Crippen molar-refractivity contribution in [1.82, 2.24) is 19.3 Å². The van der Waals surface area contributed by atoms with Gasteiger partial charge in [0.1, 0.15) is 11.6 Å². The van der Waals surface area contributed by atoms with Crippen LogP contribution in [0.15, 0.2) is 32.3 Å². The lowest BCUT2D eigenvalue weighted by Crippen LogP contribution is -2.39. The van der Waals surface area contributed by atoms with Crippen molar-refractivity contribution in [3.05, 3.63) is 45.8 Å². The van der Waals surface area contributed by atoms with Gasteiger partial charge in [-0.25, -0.2) is 23.2 Å². The summed E-state index contributed by atoms with van der Waals surface area (Å²) in [5, 5.41) is 0. The van der Waals surface area contributed by atoms with Crippen molar-refractivity contribution >= 4 is 26.9 Å². The summed E-state index contributed by atoms with van der Waals surface area (Å²) in [6, 6.07) is 4.04. The van der Waals surface area contributed by atoms with Crippen LogP contribution in [0.5, 0.6) is 0 Å². The number of aryl methyl sites for hydroxylation is 1. The van der Waals surface area contributed by atoms with E-state index in [1.165, 1.54) is 16.4 Å². The second-order valence-corrected chi connectivity index (χ2v) is 10.2. The molecule has 0 spiro atoms. The van der Waals surface area contributed by atoms with E-state index in [1.807, 2.05) is 14.0 Å². The van der Waals surface area contributed by atoms with Gasteiger partial charge in [0.15, 0.2) is 5.58 Å². The zero-order chi connectivity index (χ0) is 21.8. The molecule has 5 rings (SSSR count). The van der Waals surface area contributed by atoms with E-state index in [-0.39, 0.29) is 10.5 Å². The highest BCUT2D eigenvalue weighted by Crippen LogP contribution is 2.36. The normalized spacial score (nSPS) is 20.2. The van der Waals surface area contributed by atoms with Crippen molar-refractivity contribution < 1.29 is 12.8 Å². The minimum atomic E-state index is -3.83. The summed E-state index contributed by atoms with van der Waals surface area (Å²) in [7, 11) is -1.81. The average molecular weight is 444 g/mol. The average Bonchev–Trinajstić information content (AvgIpc) is 3.13. The van der Waals surface area contributed by atoms with Crippen LogP contribution in [0.1, 0.15) is 48.8 Å². The Morgan fingerprint density at radius 1 is 1.16 bits per heavy atom. The van der Waals surface area contributed by atoms with Crippen LogP contribution in [0.25, 0.3) is 11.1 Å². The molecule has 2 aromatic heterocycles. The van der Waals surface area contributed by atoms with Gasteiger partial charge in [0.25, 0.3) is 0 Å². The summed E-state index contributed by atoms with van der Waals surface area (Å²) in [5.41, 5.74) is 2.76. The van der Waals surface area contributed by atoms with E-state index >= 15 is 0 Å². The third-order valence-electron chi connectivity index (χ3n) is 6.24. The molecule has 0 bridgehead atoms. The summed E-state index contributed by atoms with van der Waals surface area (Å²) in [6.45, 7) is 3.31. The summed E-state index contributed by atoms with van der Waals surface area (Å²) in [6.07, 6.45) is 4.37. The third kappa shape index (κ3) is 3.43. The SMILES string of the molecule is Cc1nc(C2CCCCN2S(=O)(=O)c2ccc3[nH]c(=O)oc3c2)nc2c1CCCN2C. The first-order chi connectivity index (χ1) is 14.8. The summed E-state index contributed by atoms with van der Waals surface area (Å²) < 4.78 is 33.8. The first kappa shape index (κ1) is 20.2. The van der Waals surface area contributed by atoms with Gasteiger partial charge in [0, 0.05) is 37.5 Å². The Morgan fingerprint density at radius 2 is 2.00 bits per heavy atom. The number of hydrogen-bond donors (Lipinski definition) is 1. The second kappa shape index (κ2) is 7.45. The molecular formula is C21H25N5O4S. The van der Waals surface area contributed by atoms with Crippen LogP contribution in [-0.2, 0) is 16.4 Å². The smallest absolute Gasteiger partial charge is 0.408 e. The topological polar surface area (TPSA) is 112 Å². The van der Waals surface area contributed by atoms with Crippen molar-refractivity contribution in [2.45, 2.75) is 50.0 Å². The molecule has 0 radical (unpaired) electrons. The number of hydrogen-bond acceptors (Lipinski definition) is 7. The van der Waals surface area contributed by atoms with Crippen molar-refractivity contribution in [3.8, 4) is 0 Å². The number of piperidine rings is 1. The van der Waals surface area contributed by atoms with E-state index in [4.69, 9.17) is 14.4 Å². The number of aromatic amines is 1. The minimum absolute atomic E-state index is 0.0986. The van der Waals surface area contributed by atoms with E-state index in [2.05, 4.69) is 9.88 Å². The highest BCUT2D eigenvalue weighted by Gasteiger charge is 2.37. The van der Waals surface area contributed by atoms with Gasteiger partial charge in [-0.15, -0.1) is 0 Å². The molecule has 1 N–H and O–H groups in total. The van der Waals surface area contributed by atoms with Crippen molar-refractivity contribution in [2.75, 3.05) is 25.0 Å².